The van der Waals surface area contributed by atoms with E-state index >= 15 is 0 Å². The third kappa shape index (κ3) is 5.98. The lowest BCUT2D eigenvalue weighted by Gasteiger charge is -2.31. The lowest BCUT2D eigenvalue weighted by Crippen LogP contribution is -2.40. The molecule has 0 aromatic heterocycles. The number of rotatable bonds is 7. The lowest BCUT2D eigenvalue weighted by atomic mass is 10.0. The molecule has 1 aliphatic heterocycles. The van der Waals surface area contributed by atoms with Crippen LogP contribution in [0.5, 0.6) is 5.75 Å². The van der Waals surface area contributed by atoms with Crippen LogP contribution in [0.15, 0.2) is 48.5 Å². The quantitative estimate of drug-likeness (QED) is 0.728. The standard InChI is InChI=1S/C23H29ClN2O2/c1-18-10-12-19(13-11-18)28-17-23(27)25-16-22(20-8-4-5-9-21(20)24)26-14-6-2-3-7-15-26/h4-5,8-13,22H,2-3,6-7,14-17H2,1H3,(H,25,27). The minimum Gasteiger partial charge on any atom is -0.484 e. The smallest absolute Gasteiger partial charge is 0.258 e. The Morgan fingerprint density at radius 1 is 1.07 bits per heavy atom. The average molecular weight is 401 g/mol. The van der Waals surface area contributed by atoms with Gasteiger partial charge < -0.3 is 10.1 Å². The first kappa shape index (κ1) is 20.7. The molecular weight excluding hydrogens is 372 g/mol. The molecule has 0 aliphatic carbocycles. The van der Waals surface area contributed by atoms with Crippen LogP contribution >= 0.6 is 11.6 Å². The number of aryl methyl sites for hydroxylation is 1. The van der Waals surface area contributed by atoms with E-state index in [1.165, 1.54) is 25.7 Å². The van der Waals surface area contributed by atoms with Crippen molar-refractivity contribution in [3.05, 3.63) is 64.7 Å². The number of carbonyl (C=O) groups excluding carboxylic acids is 1. The Balaban J connectivity index is 1.61. The maximum Gasteiger partial charge on any atom is 0.258 e. The van der Waals surface area contributed by atoms with Gasteiger partial charge in [0.2, 0.25) is 0 Å². The van der Waals surface area contributed by atoms with Crippen LogP contribution in [0.3, 0.4) is 0 Å². The lowest BCUT2D eigenvalue weighted by molar-refractivity contribution is -0.123. The molecule has 2 aromatic rings. The van der Waals surface area contributed by atoms with E-state index in [1.807, 2.05) is 49.4 Å². The van der Waals surface area contributed by atoms with Gasteiger partial charge >= 0.3 is 0 Å². The van der Waals surface area contributed by atoms with Crippen molar-refractivity contribution in [1.82, 2.24) is 10.2 Å². The number of ether oxygens (including phenoxy) is 1. The molecule has 2 aromatic carbocycles. The molecule has 1 heterocycles. The van der Waals surface area contributed by atoms with E-state index in [2.05, 4.69) is 16.3 Å². The summed E-state index contributed by atoms with van der Waals surface area (Å²) in [4.78, 5) is 14.8. The zero-order valence-electron chi connectivity index (χ0n) is 16.5. The predicted molar refractivity (Wildman–Crippen MR) is 114 cm³/mol. The van der Waals surface area contributed by atoms with Gasteiger partial charge in [-0.1, -0.05) is 60.3 Å². The summed E-state index contributed by atoms with van der Waals surface area (Å²) in [5.74, 6) is 0.586. The molecule has 1 aliphatic rings. The molecule has 0 spiro atoms. The average Bonchev–Trinajstić information content (AvgIpc) is 2.98. The van der Waals surface area contributed by atoms with Gasteiger partial charge in [-0.3, -0.25) is 9.69 Å². The number of amides is 1. The number of carbonyl (C=O) groups is 1. The number of halogens is 1. The molecule has 1 saturated heterocycles. The van der Waals surface area contributed by atoms with E-state index in [-0.39, 0.29) is 18.6 Å². The normalized spacial score (nSPS) is 16.2. The van der Waals surface area contributed by atoms with Gasteiger partial charge in [-0.2, -0.15) is 0 Å². The maximum atomic E-state index is 12.4. The molecule has 0 bridgehead atoms. The highest BCUT2D eigenvalue weighted by molar-refractivity contribution is 6.31. The third-order valence-electron chi connectivity index (χ3n) is 5.23. The fraction of sp³-hybridized carbons (Fsp3) is 0.435. The first-order valence-electron chi connectivity index (χ1n) is 10.1. The van der Waals surface area contributed by atoms with Gasteiger partial charge in [0.1, 0.15) is 5.75 Å². The van der Waals surface area contributed by atoms with Crippen molar-refractivity contribution in [1.29, 1.82) is 0 Å². The number of benzene rings is 2. The number of hydrogen-bond acceptors (Lipinski definition) is 3. The predicted octanol–water partition coefficient (Wildman–Crippen LogP) is 4.76. The Labute approximate surface area is 172 Å². The molecule has 1 unspecified atom stereocenters. The molecule has 4 nitrogen and oxygen atoms in total. The van der Waals surface area contributed by atoms with Crippen LogP contribution in [0.2, 0.25) is 5.02 Å². The second-order valence-electron chi connectivity index (χ2n) is 7.39. The molecule has 1 amide bonds. The molecular formula is C23H29ClN2O2. The van der Waals surface area contributed by atoms with Crippen molar-refractivity contribution in [3.8, 4) is 5.75 Å². The second kappa shape index (κ2) is 10.5. The summed E-state index contributed by atoms with van der Waals surface area (Å²) < 4.78 is 5.60. The second-order valence-corrected chi connectivity index (χ2v) is 7.80. The Bertz CT molecular complexity index is 755. The summed E-state index contributed by atoms with van der Waals surface area (Å²) in [6, 6.07) is 15.7. The minimum absolute atomic E-state index is 0.0122. The van der Waals surface area contributed by atoms with Crippen LogP contribution in [-0.2, 0) is 4.79 Å². The van der Waals surface area contributed by atoms with Crippen molar-refractivity contribution in [2.45, 2.75) is 38.6 Å². The van der Waals surface area contributed by atoms with Gasteiger partial charge in [0, 0.05) is 11.6 Å². The van der Waals surface area contributed by atoms with Gasteiger partial charge in [0.05, 0.1) is 6.04 Å². The molecule has 1 N–H and O–H groups in total. The Kier molecular flexibility index (Phi) is 7.75. The number of nitrogens with zero attached hydrogens (tertiary/aromatic N) is 1. The van der Waals surface area contributed by atoms with E-state index < -0.39 is 0 Å². The molecule has 28 heavy (non-hydrogen) atoms. The van der Waals surface area contributed by atoms with Crippen LogP contribution in [0, 0.1) is 6.92 Å². The summed E-state index contributed by atoms with van der Waals surface area (Å²) in [5.41, 5.74) is 2.24. The largest absolute Gasteiger partial charge is 0.484 e. The highest BCUT2D eigenvalue weighted by Gasteiger charge is 2.24. The first-order chi connectivity index (χ1) is 13.6. The van der Waals surface area contributed by atoms with Gasteiger partial charge in [0.15, 0.2) is 6.61 Å². The van der Waals surface area contributed by atoms with Gasteiger partial charge in [-0.05, 0) is 56.6 Å². The van der Waals surface area contributed by atoms with Crippen LogP contribution < -0.4 is 10.1 Å². The van der Waals surface area contributed by atoms with Gasteiger partial charge in [-0.15, -0.1) is 0 Å². The molecule has 150 valence electrons. The number of likely N-dealkylation sites (tertiary alicyclic amines) is 1. The van der Waals surface area contributed by atoms with Crippen molar-refractivity contribution in [2.75, 3.05) is 26.2 Å². The van der Waals surface area contributed by atoms with Crippen molar-refractivity contribution in [3.63, 3.8) is 0 Å². The van der Waals surface area contributed by atoms with Crippen molar-refractivity contribution >= 4 is 17.5 Å². The van der Waals surface area contributed by atoms with Crippen LogP contribution in [-0.4, -0.2) is 37.0 Å². The Hall–Kier alpha value is -2.04. The summed E-state index contributed by atoms with van der Waals surface area (Å²) in [6.45, 7) is 4.63. The maximum absolute atomic E-state index is 12.4. The van der Waals surface area contributed by atoms with Crippen LogP contribution in [0.25, 0.3) is 0 Å². The first-order valence-corrected chi connectivity index (χ1v) is 10.5. The monoisotopic (exact) mass is 400 g/mol. The van der Waals surface area contributed by atoms with E-state index in [9.17, 15) is 4.79 Å². The Morgan fingerprint density at radius 3 is 2.43 bits per heavy atom. The molecule has 5 heteroatoms. The Morgan fingerprint density at radius 2 is 1.75 bits per heavy atom. The molecule has 0 saturated carbocycles. The van der Waals surface area contributed by atoms with E-state index in [1.54, 1.807) is 0 Å². The molecule has 1 atom stereocenters. The SMILES string of the molecule is Cc1ccc(OCC(=O)NCC(c2ccccc2Cl)N2CCCCCC2)cc1. The molecule has 3 rings (SSSR count). The van der Waals surface area contributed by atoms with Crippen molar-refractivity contribution < 1.29 is 9.53 Å². The molecule has 1 fully saturated rings. The van der Waals surface area contributed by atoms with Gasteiger partial charge in [-0.25, -0.2) is 0 Å². The number of hydrogen-bond donors (Lipinski definition) is 1. The zero-order chi connectivity index (χ0) is 19.8. The van der Waals surface area contributed by atoms with Crippen molar-refractivity contribution in [2.24, 2.45) is 0 Å². The zero-order valence-corrected chi connectivity index (χ0v) is 17.3. The fourth-order valence-electron chi connectivity index (χ4n) is 3.63. The summed E-state index contributed by atoms with van der Waals surface area (Å²) in [5, 5.41) is 3.80. The number of nitrogens with one attached hydrogen (secondary N) is 1. The van der Waals surface area contributed by atoms with Crippen LogP contribution in [0.1, 0.15) is 42.9 Å². The summed E-state index contributed by atoms with van der Waals surface area (Å²) in [7, 11) is 0. The van der Waals surface area contributed by atoms with Crippen LogP contribution in [0.4, 0.5) is 0 Å². The van der Waals surface area contributed by atoms with E-state index in [0.717, 1.165) is 29.2 Å². The summed E-state index contributed by atoms with van der Waals surface area (Å²) >= 11 is 6.48. The highest BCUT2D eigenvalue weighted by Crippen LogP contribution is 2.29. The third-order valence-corrected chi connectivity index (χ3v) is 5.57. The molecule has 0 radical (unpaired) electrons. The van der Waals surface area contributed by atoms with Gasteiger partial charge in [0.25, 0.3) is 5.91 Å². The fourth-order valence-corrected chi connectivity index (χ4v) is 3.89. The van der Waals surface area contributed by atoms with E-state index in [4.69, 9.17) is 16.3 Å². The highest BCUT2D eigenvalue weighted by atomic mass is 35.5. The van der Waals surface area contributed by atoms with E-state index in [0.29, 0.717) is 12.3 Å². The summed E-state index contributed by atoms with van der Waals surface area (Å²) in [6.07, 6.45) is 4.90. The minimum atomic E-state index is -0.118. The topological polar surface area (TPSA) is 41.6 Å².